The highest BCUT2D eigenvalue weighted by molar-refractivity contribution is 7.18. The van der Waals surface area contributed by atoms with Crippen LogP contribution in [0.15, 0.2) is 12.4 Å². The molecule has 7 nitrogen and oxygen atoms in total. The van der Waals surface area contributed by atoms with Crippen LogP contribution in [0.2, 0.25) is 0 Å². The Morgan fingerprint density at radius 2 is 2.33 bits per heavy atom. The van der Waals surface area contributed by atoms with Crippen molar-refractivity contribution in [1.82, 2.24) is 14.8 Å². The van der Waals surface area contributed by atoms with E-state index in [1.165, 1.54) is 17.5 Å². The molecule has 0 bridgehead atoms. The Balaban J connectivity index is 1.73. The summed E-state index contributed by atoms with van der Waals surface area (Å²) in [5.41, 5.74) is 2.58. The maximum Gasteiger partial charge on any atom is 0.345 e. The number of anilines is 1. The standard InChI is InChI=1S/C13H17N5O2S/c1-8(2)17-11-5-10(4-3-9(11)6-15-17)16-13-14-7-12(21-13)18(19)20/h6-8,10H,3-5H2,1-2H3,(H,14,16)/t10-/m1/s1. The van der Waals surface area contributed by atoms with Crippen molar-refractivity contribution in [2.24, 2.45) is 0 Å². The number of nitrogens with zero attached hydrogens (tertiary/aromatic N) is 4. The summed E-state index contributed by atoms with van der Waals surface area (Å²) >= 11 is 1.08. The van der Waals surface area contributed by atoms with Gasteiger partial charge >= 0.3 is 5.00 Å². The molecular weight excluding hydrogens is 290 g/mol. The van der Waals surface area contributed by atoms with E-state index >= 15 is 0 Å². The van der Waals surface area contributed by atoms with Crippen molar-refractivity contribution in [2.45, 2.75) is 45.2 Å². The molecule has 0 unspecified atom stereocenters. The molecule has 1 aliphatic carbocycles. The average Bonchev–Trinajstić information content (AvgIpc) is 3.04. The molecular formula is C13H17N5O2S. The van der Waals surface area contributed by atoms with Crippen LogP contribution in [-0.2, 0) is 12.8 Å². The van der Waals surface area contributed by atoms with Gasteiger partial charge in [0, 0.05) is 24.2 Å². The van der Waals surface area contributed by atoms with Crippen molar-refractivity contribution in [1.29, 1.82) is 0 Å². The van der Waals surface area contributed by atoms with E-state index in [9.17, 15) is 10.1 Å². The summed E-state index contributed by atoms with van der Waals surface area (Å²) in [6, 6.07) is 0.589. The molecule has 0 spiro atoms. The molecule has 0 fully saturated rings. The summed E-state index contributed by atoms with van der Waals surface area (Å²) in [5, 5.41) is 19.1. The van der Waals surface area contributed by atoms with Crippen LogP contribution in [0.1, 0.15) is 37.6 Å². The smallest absolute Gasteiger partial charge is 0.345 e. The van der Waals surface area contributed by atoms with Gasteiger partial charge in [-0.25, -0.2) is 4.98 Å². The van der Waals surface area contributed by atoms with Gasteiger partial charge in [-0.3, -0.25) is 14.8 Å². The monoisotopic (exact) mass is 307 g/mol. The molecule has 2 heterocycles. The van der Waals surface area contributed by atoms with E-state index < -0.39 is 4.92 Å². The first-order valence-corrected chi connectivity index (χ1v) is 7.78. The summed E-state index contributed by atoms with van der Waals surface area (Å²) in [7, 11) is 0. The van der Waals surface area contributed by atoms with Crippen LogP contribution in [0.3, 0.4) is 0 Å². The lowest BCUT2D eigenvalue weighted by molar-refractivity contribution is -0.380. The lowest BCUT2D eigenvalue weighted by Crippen LogP contribution is -2.28. The van der Waals surface area contributed by atoms with Crippen molar-refractivity contribution in [2.75, 3.05) is 5.32 Å². The number of aromatic nitrogens is 3. The SMILES string of the molecule is CC(C)n1ncc2c1C[C@H](Nc1ncc([N+](=O)[O-])s1)CC2. The molecule has 8 heteroatoms. The predicted molar refractivity (Wildman–Crippen MR) is 80.8 cm³/mol. The number of nitrogens with one attached hydrogen (secondary N) is 1. The molecule has 3 rings (SSSR count). The highest BCUT2D eigenvalue weighted by atomic mass is 32.1. The number of aryl methyl sites for hydroxylation is 1. The molecule has 0 saturated heterocycles. The highest BCUT2D eigenvalue weighted by Crippen LogP contribution is 2.29. The second-order valence-corrected chi connectivity index (χ2v) is 6.51. The quantitative estimate of drug-likeness (QED) is 0.693. The van der Waals surface area contributed by atoms with Gasteiger partial charge in [0.2, 0.25) is 0 Å². The Hall–Kier alpha value is -1.96. The third kappa shape index (κ3) is 2.76. The van der Waals surface area contributed by atoms with E-state index in [-0.39, 0.29) is 11.0 Å². The largest absolute Gasteiger partial charge is 0.358 e. The van der Waals surface area contributed by atoms with Gasteiger partial charge in [-0.05, 0) is 43.6 Å². The van der Waals surface area contributed by atoms with Gasteiger partial charge in [0.15, 0.2) is 5.13 Å². The van der Waals surface area contributed by atoms with Crippen LogP contribution in [-0.4, -0.2) is 25.7 Å². The van der Waals surface area contributed by atoms with Crippen LogP contribution >= 0.6 is 11.3 Å². The zero-order valence-corrected chi connectivity index (χ0v) is 12.8. The van der Waals surface area contributed by atoms with Crippen LogP contribution in [0.5, 0.6) is 0 Å². The van der Waals surface area contributed by atoms with E-state index in [4.69, 9.17) is 0 Å². The van der Waals surface area contributed by atoms with Gasteiger partial charge in [0.25, 0.3) is 0 Å². The van der Waals surface area contributed by atoms with Crippen molar-refractivity contribution < 1.29 is 4.92 Å². The number of rotatable bonds is 4. The molecule has 1 aliphatic rings. The molecule has 2 aromatic rings. The first-order valence-electron chi connectivity index (χ1n) is 6.96. The number of hydrogen-bond acceptors (Lipinski definition) is 6. The lowest BCUT2D eigenvalue weighted by Gasteiger charge is -2.24. The van der Waals surface area contributed by atoms with Gasteiger partial charge in [-0.2, -0.15) is 5.10 Å². The Kier molecular flexibility index (Phi) is 3.62. The van der Waals surface area contributed by atoms with Crippen molar-refractivity contribution in [3.63, 3.8) is 0 Å². The van der Waals surface area contributed by atoms with Crippen molar-refractivity contribution in [3.05, 3.63) is 33.8 Å². The minimum atomic E-state index is -0.407. The first kappa shape index (κ1) is 14.0. The first-order chi connectivity index (χ1) is 10.0. The van der Waals surface area contributed by atoms with Gasteiger partial charge in [-0.15, -0.1) is 0 Å². The van der Waals surface area contributed by atoms with Crippen molar-refractivity contribution in [3.8, 4) is 0 Å². The minimum absolute atomic E-state index is 0.0706. The number of fused-ring (bicyclic) bond motifs is 1. The summed E-state index contributed by atoms with van der Waals surface area (Å²) < 4.78 is 2.06. The Bertz CT molecular complexity index is 663. The minimum Gasteiger partial charge on any atom is -0.358 e. The van der Waals surface area contributed by atoms with E-state index in [1.54, 1.807) is 0 Å². The molecule has 1 atom stereocenters. The molecule has 0 amide bonds. The summed E-state index contributed by atoms with van der Waals surface area (Å²) in [6.07, 6.45) is 6.11. The lowest BCUT2D eigenvalue weighted by atomic mass is 9.93. The van der Waals surface area contributed by atoms with Gasteiger partial charge in [0.05, 0.1) is 11.1 Å². The number of hydrogen-bond donors (Lipinski definition) is 1. The molecule has 0 aliphatic heterocycles. The fourth-order valence-electron chi connectivity index (χ4n) is 2.68. The van der Waals surface area contributed by atoms with Crippen LogP contribution in [0.25, 0.3) is 0 Å². The summed E-state index contributed by atoms with van der Waals surface area (Å²) in [5.74, 6) is 0. The third-order valence-corrected chi connectivity index (χ3v) is 4.56. The molecule has 2 aromatic heterocycles. The highest BCUT2D eigenvalue weighted by Gasteiger charge is 2.24. The number of nitro groups is 1. The molecule has 0 saturated carbocycles. The van der Waals surface area contributed by atoms with E-state index in [2.05, 4.69) is 33.9 Å². The topological polar surface area (TPSA) is 85.9 Å². The maximum absolute atomic E-state index is 10.7. The molecule has 1 N–H and O–H groups in total. The number of thiazole rings is 1. The van der Waals surface area contributed by atoms with Gasteiger partial charge in [-0.1, -0.05) is 0 Å². The van der Waals surface area contributed by atoms with Crippen LogP contribution in [0, 0.1) is 10.1 Å². The molecule has 21 heavy (non-hydrogen) atoms. The van der Waals surface area contributed by atoms with Crippen molar-refractivity contribution >= 4 is 21.5 Å². The second-order valence-electron chi connectivity index (χ2n) is 5.50. The Morgan fingerprint density at radius 3 is 3.00 bits per heavy atom. The zero-order chi connectivity index (χ0) is 15.0. The predicted octanol–water partition coefficient (Wildman–Crippen LogP) is 2.80. The van der Waals surface area contributed by atoms with Gasteiger partial charge in [0.1, 0.15) is 6.20 Å². The second kappa shape index (κ2) is 5.44. The van der Waals surface area contributed by atoms with E-state index in [0.717, 1.165) is 30.6 Å². The Labute approximate surface area is 126 Å². The van der Waals surface area contributed by atoms with Crippen LogP contribution in [0.4, 0.5) is 10.1 Å². The Morgan fingerprint density at radius 1 is 1.52 bits per heavy atom. The van der Waals surface area contributed by atoms with E-state index in [1.807, 2.05) is 6.20 Å². The molecule has 112 valence electrons. The third-order valence-electron chi connectivity index (χ3n) is 3.68. The molecule has 0 radical (unpaired) electrons. The zero-order valence-electron chi connectivity index (χ0n) is 11.9. The molecule has 0 aromatic carbocycles. The normalized spacial score (nSPS) is 17.8. The fraction of sp³-hybridized carbons (Fsp3) is 0.538. The summed E-state index contributed by atoms with van der Waals surface area (Å²) in [6.45, 7) is 4.24. The van der Waals surface area contributed by atoms with E-state index in [0.29, 0.717) is 11.2 Å². The fourth-order valence-corrected chi connectivity index (χ4v) is 3.39. The van der Waals surface area contributed by atoms with Crippen LogP contribution < -0.4 is 5.32 Å². The summed E-state index contributed by atoms with van der Waals surface area (Å²) in [4.78, 5) is 14.4. The van der Waals surface area contributed by atoms with Gasteiger partial charge < -0.3 is 5.32 Å². The maximum atomic E-state index is 10.7. The average molecular weight is 307 g/mol.